The van der Waals surface area contributed by atoms with Crippen LogP contribution in [0.3, 0.4) is 0 Å². The number of hydrogen-bond donors (Lipinski definition) is 0. The van der Waals surface area contributed by atoms with Crippen molar-refractivity contribution in [1.82, 2.24) is 4.98 Å². The van der Waals surface area contributed by atoms with E-state index >= 15 is 0 Å². The molecule has 1 aromatic carbocycles. The van der Waals surface area contributed by atoms with Crippen molar-refractivity contribution in [2.24, 2.45) is 0 Å². The highest BCUT2D eigenvalue weighted by Gasteiger charge is 2.00. The predicted octanol–water partition coefficient (Wildman–Crippen LogP) is 1.95. The minimum absolute atomic E-state index is 0.436. The van der Waals surface area contributed by atoms with Crippen LogP contribution in [0, 0.1) is 0 Å². The van der Waals surface area contributed by atoms with Crippen LogP contribution in [0.1, 0.15) is 0 Å². The highest BCUT2D eigenvalue weighted by molar-refractivity contribution is 9.10. The van der Waals surface area contributed by atoms with E-state index in [0.29, 0.717) is 11.1 Å². The maximum Gasteiger partial charge on any atom is 0.354 e. The van der Waals surface area contributed by atoms with Gasteiger partial charge in [0.2, 0.25) is 0 Å². The Morgan fingerprint density at radius 3 is 3.08 bits per heavy atom. The molecule has 0 unspecified atom stereocenters. The number of nitrogens with zero attached hydrogens (tertiary/aromatic N) is 1. The molecule has 0 atom stereocenters. The lowest BCUT2D eigenvalue weighted by molar-refractivity contribution is 0.553. The number of hydrogen-bond acceptors (Lipinski definition) is 3. The van der Waals surface area contributed by atoms with Gasteiger partial charge in [-0.2, -0.15) is 0 Å². The Labute approximate surface area is 76.2 Å². The van der Waals surface area contributed by atoms with Crippen molar-refractivity contribution >= 4 is 27.0 Å². The van der Waals surface area contributed by atoms with E-state index in [4.69, 9.17) is 4.42 Å². The lowest BCUT2D eigenvalue weighted by Gasteiger charge is -1.95. The fourth-order valence-electron chi connectivity index (χ4n) is 0.949. The Bertz CT molecular complexity index is 478. The molecule has 60 valence electrons. The van der Waals surface area contributed by atoms with Crippen molar-refractivity contribution < 1.29 is 4.42 Å². The molecule has 2 aromatic rings. The van der Waals surface area contributed by atoms with Gasteiger partial charge < -0.3 is 4.42 Å². The van der Waals surface area contributed by atoms with Crippen LogP contribution in [-0.2, 0) is 0 Å². The smallest absolute Gasteiger partial charge is 0.354 e. The van der Waals surface area contributed by atoms with Crippen LogP contribution in [0.4, 0.5) is 0 Å². The summed E-state index contributed by atoms with van der Waals surface area (Å²) in [6.07, 6.45) is 1.16. The fraction of sp³-hybridized carbons (Fsp3) is 0. The van der Waals surface area contributed by atoms with Gasteiger partial charge in [0, 0.05) is 0 Å². The lowest BCUT2D eigenvalue weighted by atomic mass is 10.3. The number of para-hydroxylation sites is 1. The summed E-state index contributed by atoms with van der Waals surface area (Å²) in [4.78, 5) is 14.7. The molecule has 4 heteroatoms. The Morgan fingerprint density at radius 1 is 1.42 bits per heavy atom. The van der Waals surface area contributed by atoms with Crippen molar-refractivity contribution in [2.45, 2.75) is 0 Å². The molecular formula is C8H4BrNO2. The summed E-state index contributed by atoms with van der Waals surface area (Å²) in [5.41, 5.74) is 0.725. The lowest BCUT2D eigenvalue weighted by Crippen LogP contribution is -1.97. The third kappa shape index (κ3) is 1.14. The van der Waals surface area contributed by atoms with Gasteiger partial charge in [-0.15, -0.1) is 0 Å². The molecule has 0 saturated carbocycles. The Kier molecular flexibility index (Phi) is 1.69. The van der Waals surface area contributed by atoms with E-state index in [1.165, 1.54) is 0 Å². The second-order valence-electron chi connectivity index (χ2n) is 2.27. The summed E-state index contributed by atoms with van der Waals surface area (Å²) >= 11 is 3.26. The molecular weight excluding hydrogens is 222 g/mol. The van der Waals surface area contributed by atoms with Crippen LogP contribution in [-0.4, -0.2) is 4.98 Å². The average Bonchev–Trinajstić information content (AvgIpc) is 2.07. The molecule has 0 saturated heterocycles. The largest absolute Gasteiger partial charge is 0.419 e. The molecule has 0 radical (unpaired) electrons. The molecule has 0 aliphatic carbocycles. The molecule has 0 amide bonds. The second-order valence-corrected chi connectivity index (χ2v) is 3.12. The first-order valence-electron chi connectivity index (χ1n) is 3.32. The van der Waals surface area contributed by atoms with Gasteiger partial charge in [-0.05, 0) is 28.1 Å². The predicted molar refractivity (Wildman–Crippen MR) is 48.0 cm³/mol. The van der Waals surface area contributed by atoms with Crippen molar-refractivity contribution in [3.8, 4) is 0 Å². The van der Waals surface area contributed by atoms with Crippen LogP contribution in [0.2, 0.25) is 0 Å². The molecule has 0 bridgehead atoms. The maximum absolute atomic E-state index is 10.8. The van der Waals surface area contributed by atoms with Gasteiger partial charge >= 0.3 is 5.63 Å². The van der Waals surface area contributed by atoms with Gasteiger partial charge in [-0.1, -0.05) is 6.07 Å². The third-order valence-electron chi connectivity index (χ3n) is 1.46. The first kappa shape index (κ1) is 7.49. The van der Waals surface area contributed by atoms with Gasteiger partial charge in [-0.3, -0.25) is 0 Å². The average molecular weight is 226 g/mol. The van der Waals surface area contributed by atoms with E-state index in [0.717, 1.165) is 10.7 Å². The van der Waals surface area contributed by atoms with Gasteiger partial charge in [0.15, 0.2) is 5.58 Å². The summed E-state index contributed by atoms with van der Waals surface area (Å²) in [6, 6.07) is 5.41. The Morgan fingerprint density at radius 2 is 2.25 bits per heavy atom. The molecule has 2 rings (SSSR count). The number of rotatable bonds is 0. The summed E-state index contributed by atoms with van der Waals surface area (Å²) in [5.74, 6) is 0. The Hall–Kier alpha value is -1.16. The highest BCUT2D eigenvalue weighted by Crippen LogP contribution is 2.19. The standard InChI is InChI=1S/C8H4BrNO2/c9-5-2-1-3-6-8(5)12-7(11)4-10-6/h1-4H. The van der Waals surface area contributed by atoms with Crippen LogP contribution in [0.25, 0.3) is 11.1 Å². The van der Waals surface area contributed by atoms with E-state index in [9.17, 15) is 4.79 Å². The summed E-state index contributed by atoms with van der Waals surface area (Å²) in [6.45, 7) is 0. The zero-order valence-electron chi connectivity index (χ0n) is 5.95. The van der Waals surface area contributed by atoms with Crippen molar-refractivity contribution in [2.75, 3.05) is 0 Å². The topological polar surface area (TPSA) is 43.1 Å². The molecule has 1 aromatic heterocycles. The number of benzene rings is 1. The van der Waals surface area contributed by atoms with Crippen LogP contribution in [0.15, 0.2) is 38.1 Å². The zero-order chi connectivity index (χ0) is 8.55. The summed E-state index contributed by atoms with van der Waals surface area (Å²) in [7, 11) is 0. The fourth-order valence-corrected chi connectivity index (χ4v) is 1.39. The SMILES string of the molecule is O=c1cnc2cccc(Br)c2o1. The first-order chi connectivity index (χ1) is 5.77. The maximum atomic E-state index is 10.8. The van der Waals surface area contributed by atoms with Gasteiger partial charge in [0.1, 0.15) is 11.7 Å². The van der Waals surface area contributed by atoms with Crippen molar-refractivity contribution in [3.05, 3.63) is 39.3 Å². The van der Waals surface area contributed by atoms with E-state index in [2.05, 4.69) is 20.9 Å². The van der Waals surface area contributed by atoms with Crippen LogP contribution in [0.5, 0.6) is 0 Å². The zero-order valence-corrected chi connectivity index (χ0v) is 7.54. The van der Waals surface area contributed by atoms with Crippen molar-refractivity contribution in [1.29, 1.82) is 0 Å². The minimum Gasteiger partial charge on any atom is -0.419 e. The molecule has 0 aliphatic heterocycles. The monoisotopic (exact) mass is 225 g/mol. The van der Waals surface area contributed by atoms with Gasteiger partial charge in [0.05, 0.1) is 4.47 Å². The number of fused-ring (bicyclic) bond motifs is 1. The quantitative estimate of drug-likeness (QED) is 0.689. The molecule has 12 heavy (non-hydrogen) atoms. The number of aromatic nitrogens is 1. The second kappa shape index (κ2) is 2.71. The van der Waals surface area contributed by atoms with E-state index in [-0.39, 0.29) is 0 Å². The van der Waals surface area contributed by atoms with Crippen molar-refractivity contribution in [3.63, 3.8) is 0 Å². The molecule has 0 aliphatic rings. The summed E-state index contributed by atoms with van der Waals surface area (Å²) in [5, 5.41) is 0. The first-order valence-corrected chi connectivity index (χ1v) is 4.11. The molecule has 1 heterocycles. The van der Waals surface area contributed by atoms with Crippen LogP contribution >= 0.6 is 15.9 Å². The molecule has 0 fully saturated rings. The Balaban J connectivity index is 2.97. The third-order valence-corrected chi connectivity index (χ3v) is 2.08. The van der Waals surface area contributed by atoms with E-state index < -0.39 is 5.63 Å². The molecule has 3 nitrogen and oxygen atoms in total. The molecule has 0 N–H and O–H groups in total. The van der Waals surface area contributed by atoms with E-state index in [1.807, 2.05) is 6.07 Å². The minimum atomic E-state index is -0.436. The van der Waals surface area contributed by atoms with E-state index in [1.54, 1.807) is 12.1 Å². The van der Waals surface area contributed by atoms with Gasteiger partial charge in [0.25, 0.3) is 0 Å². The molecule has 0 spiro atoms. The van der Waals surface area contributed by atoms with Gasteiger partial charge in [-0.25, -0.2) is 9.78 Å². The van der Waals surface area contributed by atoms with Crippen LogP contribution < -0.4 is 5.63 Å². The summed E-state index contributed by atoms with van der Waals surface area (Å²) < 4.78 is 5.67. The highest BCUT2D eigenvalue weighted by atomic mass is 79.9. The number of halogens is 1. The normalized spacial score (nSPS) is 10.4.